The fourth-order valence-electron chi connectivity index (χ4n) is 2.02. The molecule has 0 saturated carbocycles. The topological polar surface area (TPSA) is 41.6 Å². The van der Waals surface area contributed by atoms with Gasteiger partial charge in [0.25, 0.3) is 0 Å². The van der Waals surface area contributed by atoms with Gasteiger partial charge in [-0.2, -0.15) is 0 Å². The molecule has 110 valence electrons. The molecule has 0 aliphatic carbocycles. The fraction of sp³-hybridized carbons (Fsp3) is 0.462. The number of carbonyl (C=O) groups is 1. The number of amides is 1. The van der Waals surface area contributed by atoms with Crippen LogP contribution in [0.1, 0.15) is 6.92 Å². The van der Waals surface area contributed by atoms with Crippen LogP contribution < -0.4 is 5.32 Å². The van der Waals surface area contributed by atoms with E-state index in [2.05, 4.69) is 21.2 Å². The first kappa shape index (κ1) is 15.9. The summed E-state index contributed by atoms with van der Waals surface area (Å²) in [6.45, 7) is 4.20. The molecular weight excluding hydrogens is 367 g/mol. The second-order valence-electron chi connectivity index (χ2n) is 4.55. The summed E-state index contributed by atoms with van der Waals surface area (Å²) >= 11 is 15.6. The molecule has 1 saturated heterocycles. The van der Waals surface area contributed by atoms with E-state index in [0.717, 1.165) is 4.47 Å². The average Bonchev–Trinajstić information content (AvgIpc) is 2.42. The largest absolute Gasteiger partial charge is 0.378 e. The van der Waals surface area contributed by atoms with Crippen molar-refractivity contribution in [2.24, 2.45) is 0 Å². The van der Waals surface area contributed by atoms with Crippen LogP contribution in [-0.2, 0) is 9.53 Å². The predicted octanol–water partition coefficient (Wildman–Crippen LogP) is 3.42. The minimum atomic E-state index is -0.399. The Bertz CT molecular complexity index is 484. The van der Waals surface area contributed by atoms with Crippen molar-refractivity contribution >= 4 is 50.7 Å². The van der Waals surface area contributed by atoms with Crippen molar-refractivity contribution in [1.29, 1.82) is 0 Å². The predicted molar refractivity (Wildman–Crippen MR) is 84.6 cm³/mol. The lowest BCUT2D eigenvalue weighted by molar-refractivity contribution is -0.135. The Morgan fingerprint density at radius 3 is 2.45 bits per heavy atom. The highest BCUT2D eigenvalue weighted by atomic mass is 79.9. The van der Waals surface area contributed by atoms with Gasteiger partial charge >= 0.3 is 0 Å². The maximum atomic E-state index is 12.3. The van der Waals surface area contributed by atoms with E-state index in [1.54, 1.807) is 24.0 Å². The van der Waals surface area contributed by atoms with E-state index in [1.165, 1.54) is 0 Å². The summed E-state index contributed by atoms with van der Waals surface area (Å²) in [5.41, 5.74) is 0.575. The Hall–Kier alpha value is -0.490. The van der Waals surface area contributed by atoms with Crippen LogP contribution in [0, 0.1) is 0 Å². The van der Waals surface area contributed by atoms with Crippen molar-refractivity contribution in [2.45, 2.75) is 13.0 Å². The molecule has 0 bridgehead atoms. The molecule has 1 aliphatic heterocycles. The summed E-state index contributed by atoms with van der Waals surface area (Å²) < 4.78 is 6.03. The van der Waals surface area contributed by atoms with Crippen LogP contribution in [0.2, 0.25) is 10.0 Å². The van der Waals surface area contributed by atoms with Gasteiger partial charge in [0.15, 0.2) is 0 Å². The van der Waals surface area contributed by atoms with E-state index in [4.69, 9.17) is 27.9 Å². The number of ether oxygens (including phenoxy) is 1. The van der Waals surface area contributed by atoms with Gasteiger partial charge in [-0.25, -0.2) is 0 Å². The average molecular weight is 382 g/mol. The highest BCUT2D eigenvalue weighted by Gasteiger charge is 2.23. The van der Waals surface area contributed by atoms with Crippen LogP contribution in [-0.4, -0.2) is 43.2 Å². The van der Waals surface area contributed by atoms with Crippen molar-refractivity contribution in [3.63, 3.8) is 0 Å². The monoisotopic (exact) mass is 380 g/mol. The standard InChI is InChI=1S/C13H15BrCl2N2O2/c1-8(13(19)18-2-4-20-5-3-18)17-12-10(15)6-9(14)7-11(12)16/h6-8,17H,2-5H2,1H3. The Balaban J connectivity index is 2.07. The second-order valence-corrected chi connectivity index (χ2v) is 6.28. The van der Waals surface area contributed by atoms with Gasteiger partial charge in [0, 0.05) is 17.6 Å². The molecule has 1 atom stereocenters. The smallest absolute Gasteiger partial charge is 0.244 e. The van der Waals surface area contributed by atoms with Crippen molar-refractivity contribution in [3.8, 4) is 0 Å². The van der Waals surface area contributed by atoms with Crippen LogP contribution in [0.5, 0.6) is 0 Å². The lowest BCUT2D eigenvalue weighted by atomic mass is 10.2. The fourth-order valence-corrected chi connectivity index (χ4v) is 3.33. The number of nitrogens with zero attached hydrogens (tertiary/aromatic N) is 1. The summed E-state index contributed by atoms with van der Waals surface area (Å²) in [7, 11) is 0. The first-order valence-electron chi connectivity index (χ1n) is 6.26. The summed E-state index contributed by atoms with van der Waals surface area (Å²) in [4.78, 5) is 14.1. The van der Waals surface area contributed by atoms with Gasteiger partial charge < -0.3 is 15.0 Å². The molecule has 1 unspecified atom stereocenters. The van der Waals surface area contributed by atoms with Gasteiger partial charge in [-0.3, -0.25) is 4.79 Å². The summed E-state index contributed by atoms with van der Waals surface area (Å²) in [6.07, 6.45) is 0. The minimum absolute atomic E-state index is 0.0170. The lowest BCUT2D eigenvalue weighted by Gasteiger charge is -2.30. The van der Waals surface area contributed by atoms with Crippen LogP contribution in [0.25, 0.3) is 0 Å². The van der Waals surface area contributed by atoms with Gasteiger partial charge in [0.05, 0.1) is 28.9 Å². The SMILES string of the molecule is CC(Nc1c(Cl)cc(Br)cc1Cl)C(=O)N1CCOCC1. The van der Waals surface area contributed by atoms with Crippen molar-refractivity contribution in [1.82, 2.24) is 4.90 Å². The molecule has 1 aromatic rings. The normalized spacial score (nSPS) is 16.9. The molecule has 1 aliphatic rings. The molecule has 0 radical (unpaired) electrons. The molecule has 1 aromatic carbocycles. The zero-order valence-electron chi connectivity index (χ0n) is 11.0. The van der Waals surface area contributed by atoms with E-state index in [-0.39, 0.29) is 5.91 Å². The first-order chi connectivity index (χ1) is 9.49. The molecule has 0 spiro atoms. The van der Waals surface area contributed by atoms with Gasteiger partial charge in [0.2, 0.25) is 5.91 Å². The molecule has 1 fully saturated rings. The maximum Gasteiger partial charge on any atom is 0.244 e. The third-order valence-electron chi connectivity index (χ3n) is 3.06. The van der Waals surface area contributed by atoms with E-state index in [0.29, 0.717) is 42.0 Å². The van der Waals surface area contributed by atoms with Gasteiger partial charge in [0.1, 0.15) is 6.04 Å². The number of morpholine rings is 1. The maximum absolute atomic E-state index is 12.3. The van der Waals surface area contributed by atoms with Gasteiger partial charge in [-0.15, -0.1) is 0 Å². The summed E-state index contributed by atoms with van der Waals surface area (Å²) in [5.74, 6) is 0.0170. The number of carbonyl (C=O) groups excluding carboxylic acids is 1. The van der Waals surface area contributed by atoms with Crippen molar-refractivity contribution < 1.29 is 9.53 Å². The molecule has 1 N–H and O–H groups in total. The third-order valence-corrected chi connectivity index (χ3v) is 4.11. The zero-order chi connectivity index (χ0) is 14.7. The quantitative estimate of drug-likeness (QED) is 0.872. The van der Waals surface area contributed by atoms with Crippen molar-refractivity contribution in [2.75, 3.05) is 31.6 Å². The first-order valence-corrected chi connectivity index (χ1v) is 7.81. The second kappa shape index (κ2) is 6.98. The molecule has 20 heavy (non-hydrogen) atoms. The Labute approximate surface area is 136 Å². The van der Waals surface area contributed by atoms with Crippen molar-refractivity contribution in [3.05, 3.63) is 26.7 Å². The number of halogens is 3. The molecule has 2 rings (SSSR count). The highest BCUT2D eigenvalue weighted by Crippen LogP contribution is 2.34. The zero-order valence-corrected chi connectivity index (χ0v) is 14.1. The van der Waals surface area contributed by atoms with Gasteiger partial charge in [-0.1, -0.05) is 39.1 Å². The van der Waals surface area contributed by atoms with E-state index >= 15 is 0 Å². The highest BCUT2D eigenvalue weighted by molar-refractivity contribution is 9.10. The Morgan fingerprint density at radius 2 is 1.90 bits per heavy atom. The summed E-state index contributed by atoms with van der Waals surface area (Å²) in [6, 6.07) is 3.08. The van der Waals surface area contributed by atoms with Crippen LogP contribution >= 0.6 is 39.1 Å². The van der Waals surface area contributed by atoms with Crippen LogP contribution in [0.3, 0.4) is 0 Å². The van der Waals surface area contributed by atoms with Gasteiger partial charge in [-0.05, 0) is 19.1 Å². The van der Waals surface area contributed by atoms with Crippen LogP contribution in [0.4, 0.5) is 5.69 Å². The molecule has 1 amide bonds. The Morgan fingerprint density at radius 1 is 1.35 bits per heavy atom. The van der Waals surface area contributed by atoms with E-state index in [9.17, 15) is 4.79 Å². The molecule has 7 heteroatoms. The minimum Gasteiger partial charge on any atom is -0.378 e. The molecule has 1 heterocycles. The van der Waals surface area contributed by atoms with Crippen LogP contribution in [0.15, 0.2) is 16.6 Å². The number of nitrogens with one attached hydrogen (secondary N) is 1. The van der Waals surface area contributed by atoms with E-state index < -0.39 is 6.04 Å². The number of hydrogen-bond acceptors (Lipinski definition) is 3. The third kappa shape index (κ3) is 3.79. The molecular formula is C13H15BrCl2N2O2. The summed E-state index contributed by atoms with van der Waals surface area (Å²) in [5, 5.41) is 4.04. The number of rotatable bonds is 3. The van der Waals surface area contributed by atoms with E-state index in [1.807, 2.05) is 0 Å². The number of anilines is 1. The Kier molecular flexibility index (Phi) is 5.55. The number of hydrogen-bond donors (Lipinski definition) is 1. The molecule has 4 nitrogen and oxygen atoms in total. The number of benzene rings is 1. The lowest BCUT2D eigenvalue weighted by Crippen LogP contribution is -2.47. The molecule has 0 aromatic heterocycles.